The highest BCUT2D eigenvalue weighted by Crippen LogP contribution is 2.32. The molecule has 0 unspecified atom stereocenters. The third kappa shape index (κ3) is 2.89. The summed E-state index contributed by atoms with van der Waals surface area (Å²) in [6.45, 7) is 2.17. The predicted molar refractivity (Wildman–Crippen MR) is 82.0 cm³/mol. The Bertz CT molecular complexity index is 615. The summed E-state index contributed by atoms with van der Waals surface area (Å²) in [4.78, 5) is 26.4. The van der Waals surface area contributed by atoms with Crippen LogP contribution in [0.3, 0.4) is 0 Å². The first-order valence-corrected chi connectivity index (χ1v) is 7.60. The zero-order valence-corrected chi connectivity index (χ0v) is 13.0. The van der Waals surface area contributed by atoms with E-state index in [0.717, 1.165) is 0 Å². The van der Waals surface area contributed by atoms with E-state index >= 15 is 0 Å². The number of ether oxygens (including phenoxy) is 3. The molecule has 1 aromatic carbocycles. The largest absolute Gasteiger partial charge is 0.465 e. The van der Waals surface area contributed by atoms with Crippen LogP contribution in [0.5, 0.6) is 0 Å². The summed E-state index contributed by atoms with van der Waals surface area (Å²) in [6.07, 6.45) is 1.22. The molecule has 3 rings (SSSR count). The smallest absolute Gasteiger partial charge is 0.338 e. The second kappa shape index (κ2) is 6.17. The molecule has 0 aliphatic carbocycles. The van der Waals surface area contributed by atoms with Gasteiger partial charge in [0.2, 0.25) is 0 Å². The molecule has 7 nitrogen and oxygen atoms in total. The van der Waals surface area contributed by atoms with E-state index in [9.17, 15) is 9.59 Å². The number of carbonyl (C=O) groups is 2. The number of methoxy groups -OCH3 is 1. The number of nitrogens with two attached hydrogens (primary N) is 1. The first-order chi connectivity index (χ1) is 11.1. The van der Waals surface area contributed by atoms with E-state index in [4.69, 9.17) is 19.9 Å². The van der Waals surface area contributed by atoms with Crippen LogP contribution in [0.25, 0.3) is 0 Å². The number of benzene rings is 1. The fraction of sp³-hybridized carbons (Fsp3) is 0.500. The van der Waals surface area contributed by atoms with Crippen molar-refractivity contribution in [2.24, 2.45) is 0 Å². The number of amides is 1. The number of anilines is 1. The number of nitrogen functional groups attached to an aromatic ring is 1. The molecule has 1 amide bonds. The lowest BCUT2D eigenvalue weighted by Crippen LogP contribution is -2.47. The van der Waals surface area contributed by atoms with Crippen molar-refractivity contribution in [1.82, 2.24) is 4.90 Å². The molecule has 2 aliphatic heterocycles. The van der Waals surface area contributed by atoms with Crippen molar-refractivity contribution in [3.05, 3.63) is 29.3 Å². The van der Waals surface area contributed by atoms with E-state index in [1.54, 1.807) is 23.1 Å². The van der Waals surface area contributed by atoms with Gasteiger partial charge in [0.05, 0.1) is 31.5 Å². The van der Waals surface area contributed by atoms with Crippen molar-refractivity contribution in [3.63, 3.8) is 0 Å². The van der Waals surface area contributed by atoms with Gasteiger partial charge in [-0.25, -0.2) is 4.79 Å². The maximum Gasteiger partial charge on any atom is 0.338 e. The number of hydrogen-bond donors (Lipinski definition) is 1. The van der Waals surface area contributed by atoms with Crippen molar-refractivity contribution < 1.29 is 23.8 Å². The first-order valence-electron chi connectivity index (χ1n) is 7.60. The predicted octanol–water partition coefficient (Wildman–Crippen LogP) is 1.03. The molecule has 2 aliphatic rings. The number of likely N-dealkylation sites (tertiary alicyclic amines) is 1. The number of carbonyl (C=O) groups excluding carboxylic acids is 2. The highest BCUT2D eigenvalue weighted by molar-refractivity contribution is 6.08. The van der Waals surface area contributed by atoms with Crippen LogP contribution >= 0.6 is 0 Å². The van der Waals surface area contributed by atoms with Crippen molar-refractivity contribution in [2.75, 3.05) is 39.1 Å². The Labute approximate surface area is 134 Å². The molecule has 124 valence electrons. The Hall–Kier alpha value is -2.12. The quantitative estimate of drug-likeness (QED) is 0.646. The van der Waals surface area contributed by atoms with Gasteiger partial charge in [0.25, 0.3) is 5.91 Å². The molecular weight excluding hydrogens is 300 g/mol. The lowest BCUT2D eigenvalue weighted by atomic mass is 10.00. The summed E-state index contributed by atoms with van der Waals surface area (Å²) in [5, 5.41) is 0. The van der Waals surface area contributed by atoms with Crippen LogP contribution in [-0.4, -0.2) is 56.0 Å². The summed E-state index contributed by atoms with van der Waals surface area (Å²) in [5.74, 6) is -1.39. The average molecular weight is 320 g/mol. The van der Waals surface area contributed by atoms with E-state index < -0.39 is 11.8 Å². The van der Waals surface area contributed by atoms with Gasteiger partial charge in [-0.05, 0) is 12.1 Å². The van der Waals surface area contributed by atoms with Gasteiger partial charge in [-0.15, -0.1) is 0 Å². The number of piperidine rings is 1. The molecule has 2 fully saturated rings. The minimum Gasteiger partial charge on any atom is -0.465 e. The summed E-state index contributed by atoms with van der Waals surface area (Å²) in [6, 6.07) is 4.78. The van der Waals surface area contributed by atoms with Gasteiger partial charge < -0.3 is 24.8 Å². The molecule has 2 saturated heterocycles. The van der Waals surface area contributed by atoms with Gasteiger partial charge in [0.1, 0.15) is 0 Å². The maximum absolute atomic E-state index is 12.8. The highest BCUT2D eigenvalue weighted by atomic mass is 16.7. The van der Waals surface area contributed by atoms with E-state index in [-0.39, 0.29) is 22.7 Å². The fourth-order valence-corrected chi connectivity index (χ4v) is 3.08. The maximum atomic E-state index is 12.8. The van der Waals surface area contributed by atoms with Crippen LogP contribution < -0.4 is 5.73 Å². The van der Waals surface area contributed by atoms with Crippen LogP contribution in [-0.2, 0) is 14.2 Å². The molecule has 2 N–H and O–H groups in total. The Morgan fingerprint density at radius 3 is 2.48 bits per heavy atom. The van der Waals surface area contributed by atoms with Crippen molar-refractivity contribution in [2.45, 2.75) is 18.6 Å². The molecule has 0 atom stereocenters. The SMILES string of the molecule is COC(=O)c1cccc(N)c1C(=O)N1CCC2(CC1)OCCO2. The van der Waals surface area contributed by atoms with E-state index in [1.165, 1.54) is 7.11 Å². The van der Waals surface area contributed by atoms with Crippen molar-refractivity contribution in [1.29, 1.82) is 0 Å². The van der Waals surface area contributed by atoms with Gasteiger partial charge in [0.15, 0.2) is 5.79 Å². The molecule has 2 heterocycles. The molecule has 1 aromatic rings. The lowest BCUT2D eigenvalue weighted by Gasteiger charge is -2.37. The van der Waals surface area contributed by atoms with Crippen LogP contribution in [0, 0.1) is 0 Å². The lowest BCUT2D eigenvalue weighted by molar-refractivity contribution is -0.181. The van der Waals surface area contributed by atoms with Crippen LogP contribution in [0.1, 0.15) is 33.6 Å². The number of nitrogens with zero attached hydrogens (tertiary/aromatic N) is 1. The third-order valence-corrected chi connectivity index (χ3v) is 4.34. The number of esters is 1. The zero-order valence-electron chi connectivity index (χ0n) is 13.0. The fourth-order valence-electron chi connectivity index (χ4n) is 3.08. The second-order valence-electron chi connectivity index (χ2n) is 5.66. The van der Waals surface area contributed by atoms with E-state index in [2.05, 4.69) is 0 Å². The first kappa shape index (κ1) is 15.8. The highest BCUT2D eigenvalue weighted by Gasteiger charge is 2.41. The van der Waals surface area contributed by atoms with E-state index in [1.807, 2.05) is 0 Å². The molecule has 0 saturated carbocycles. The Kier molecular flexibility index (Phi) is 4.23. The Morgan fingerprint density at radius 1 is 1.22 bits per heavy atom. The molecule has 23 heavy (non-hydrogen) atoms. The van der Waals surface area contributed by atoms with Gasteiger partial charge in [0, 0.05) is 31.6 Å². The van der Waals surface area contributed by atoms with Gasteiger partial charge >= 0.3 is 5.97 Å². The monoisotopic (exact) mass is 320 g/mol. The molecule has 0 bridgehead atoms. The summed E-state index contributed by atoms with van der Waals surface area (Å²) in [5.41, 5.74) is 6.59. The van der Waals surface area contributed by atoms with Crippen LogP contribution in [0.4, 0.5) is 5.69 Å². The van der Waals surface area contributed by atoms with Gasteiger partial charge in [-0.3, -0.25) is 4.79 Å². The molecule has 7 heteroatoms. The molecule has 0 aromatic heterocycles. The molecule has 0 radical (unpaired) electrons. The Morgan fingerprint density at radius 2 is 1.87 bits per heavy atom. The minimum absolute atomic E-state index is 0.186. The molecular formula is C16H20N2O5. The number of rotatable bonds is 2. The van der Waals surface area contributed by atoms with Crippen LogP contribution in [0.2, 0.25) is 0 Å². The van der Waals surface area contributed by atoms with Crippen LogP contribution in [0.15, 0.2) is 18.2 Å². The standard InChI is InChI=1S/C16H20N2O5/c1-21-15(20)11-3-2-4-12(17)13(11)14(19)18-7-5-16(6-8-18)22-9-10-23-16/h2-4H,5-10,17H2,1H3. The summed E-state index contributed by atoms with van der Waals surface area (Å²) in [7, 11) is 1.28. The zero-order chi connectivity index (χ0) is 16.4. The minimum atomic E-state index is -0.573. The van der Waals surface area contributed by atoms with Gasteiger partial charge in [-0.2, -0.15) is 0 Å². The second-order valence-corrected chi connectivity index (χ2v) is 5.66. The van der Waals surface area contributed by atoms with E-state index in [0.29, 0.717) is 39.1 Å². The Balaban J connectivity index is 1.80. The summed E-state index contributed by atoms with van der Waals surface area (Å²) >= 11 is 0. The number of hydrogen-bond acceptors (Lipinski definition) is 6. The normalized spacial score (nSPS) is 19.8. The van der Waals surface area contributed by atoms with Gasteiger partial charge in [-0.1, -0.05) is 6.07 Å². The van der Waals surface area contributed by atoms with Crippen molar-refractivity contribution >= 4 is 17.6 Å². The molecule has 1 spiro atoms. The van der Waals surface area contributed by atoms with Crippen molar-refractivity contribution in [3.8, 4) is 0 Å². The summed E-state index contributed by atoms with van der Waals surface area (Å²) < 4.78 is 16.1. The third-order valence-electron chi connectivity index (χ3n) is 4.34. The average Bonchev–Trinajstić information content (AvgIpc) is 3.02. The topological polar surface area (TPSA) is 91.1 Å².